The molecule has 0 saturated heterocycles. The Bertz CT molecular complexity index is 671. The average Bonchev–Trinajstić information content (AvgIpc) is 2.45. The van der Waals surface area contributed by atoms with E-state index in [1.807, 2.05) is 24.3 Å². The van der Waals surface area contributed by atoms with Crippen LogP contribution in [0.1, 0.15) is 22.8 Å². The number of ketones is 1. The molecule has 2 aromatic rings. The van der Waals surface area contributed by atoms with E-state index in [9.17, 15) is 4.79 Å². The Morgan fingerprint density at radius 3 is 2.71 bits per heavy atom. The predicted octanol–water partition coefficient (Wildman–Crippen LogP) is 3.75. The second-order valence-corrected chi connectivity index (χ2v) is 5.04. The lowest BCUT2D eigenvalue weighted by Gasteiger charge is -2.13. The van der Waals surface area contributed by atoms with Crippen LogP contribution < -0.4 is 15.8 Å². The predicted molar refractivity (Wildman–Crippen MR) is 86.2 cm³/mol. The van der Waals surface area contributed by atoms with Gasteiger partial charge in [0, 0.05) is 34.1 Å². The van der Waals surface area contributed by atoms with Gasteiger partial charge >= 0.3 is 0 Å². The summed E-state index contributed by atoms with van der Waals surface area (Å²) in [7, 11) is 1.61. The van der Waals surface area contributed by atoms with E-state index in [2.05, 4.69) is 5.32 Å². The fourth-order valence-corrected chi connectivity index (χ4v) is 2.32. The fraction of sp³-hybridized carbons (Fsp3) is 0.188. The number of methoxy groups -OCH3 is 1. The van der Waals surface area contributed by atoms with Gasteiger partial charge in [-0.25, -0.2) is 0 Å². The summed E-state index contributed by atoms with van der Waals surface area (Å²) in [6, 6.07) is 10.8. The Morgan fingerprint density at radius 2 is 2.10 bits per heavy atom. The summed E-state index contributed by atoms with van der Waals surface area (Å²) in [6.45, 7) is 2.00. The van der Waals surface area contributed by atoms with E-state index in [4.69, 9.17) is 22.1 Å². The zero-order valence-electron chi connectivity index (χ0n) is 11.9. The quantitative estimate of drug-likeness (QED) is 0.652. The molecule has 21 heavy (non-hydrogen) atoms. The molecule has 0 heterocycles. The van der Waals surface area contributed by atoms with Crippen LogP contribution in [0.4, 0.5) is 11.4 Å². The van der Waals surface area contributed by atoms with Gasteiger partial charge in [0.1, 0.15) is 5.75 Å². The summed E-state index contributed by atoms with van der Waals surface area (Å²) in [6.07, 6.45) is 0. The Morgan fingerprint density at radius 1 is 1.33 bits per heavy atom. The third kappa shape index (κ3) is 3.47. The SMILES string of the molecule is COc1cccc(Cl)c1CNc1ccc(C(C)=O)c(N)c1. The van der Waals surface area contributed by atoms with Crippen LogP contribution in [-0.2, 0) is 6.54 Å². The van der Waals surface area contributed by atoms with Crippen molar-refractivity contribution in [2.45, 2.75) is 13.5 Å². The lowest BCUT2D eigenvalue weighted by atomic mass is 10.1. The van der Waals surface area contributed by atoms with Gasteiger partial charge in [-0.2, -0.15) is 0 Å². The van der Waals surface area contributed by atoms with Crippen molar-refractivity contribution < 1.29 is 9.53 Å². The minimum absolute atomic E-state index is 0.0492. The highest BCUT2D eigenvalue weighted by atomic mass is 35.5. The third-order valence-corrected chi connectivity index (χ3v) is 3.55. The molecule has 3 N–H and O–H groups in total. The number of nitrogens with two attached hydrogens (primary N) is 1. The molecule has 0 unspecified atom stereocenters. The van der Waals surface area contributed by atoms with Crippen LogP contribution in [0, 0.1) is 0 Å². The van der Waals surface area contributed by atoms with Gasteiger partial charge < -0.3 is 15.8 Å². The Balaban J connectivity index is 2.17. The van der Waals surface area contributed by atoms with E-state index in [1.54, 1.807) is 19.2 Å². The smallest absolute Gasteiger partial charge is 0.161 e. The van der Waals surface area contributed by atoms with Crippen LogP contribution in [-0.4, -0.2) is 12.9 Å². The zero-order chi connectivity index (χ0) is 15.4. The van der Waals surface area contributed by atoms with Crippen molar-refractivity contribution in [2.24, 2.45) is 0 Å². The first-order valence-corrected chi connectivity index (χ1v) is 6.86. The number of carbonyl (C=O) groups is 1. The highest BCUT2D eigenvalue weighted by Gasteiger charge is 2.09. The summed E-state index contributed by atoms with van der Waals surface area (Å²) >= 11 is 6.18. The third-order valence-electron chi connectivity index (χ3n) is 3.20. The van der Waals surface area contributed by atoms with Crippen molar-refractivity contribution in [1.82, 2.24) is 0 Å². The number of carbonyl (C=O) groups excluding carboxylic acids is 1. The van der Waals surface area contributed by atoms with Gasteiger partial charge in [0.15, 0.2) is 5.78 Å². The molecule has 0 aromatic heterocycles. The number of rotatable bonds is 5. The van der Waals surface area contributed by atoms with E-state index in [1.165, 1.54) is 6.92 Å². The molecule has 0 spiro atoms. The van der Waals surface area contributed by atoms with Crippen molar-refractivity contribution in [3.8, 4) is 5.75 Å². The molecule has 0 aliphatic rings. The van der Waals surface area contributed by atoms with E-state index < -0.39 is 0 Å². The number of hydrogen-bond acceptors (Lipinski definition) is 4. The van der Waals surface area contributed by atoms with Crippen LogP contribution in [0.15, 0.2) is 36.4 Å². The van der Waals surface area contributed by atoms with Crippen LogP contribution >= 0.6 is 11.6 Å². The lowest BCUT2D eigenvalue weighted by Crippen LogP contribution is -2.05. The van der Waals surface area contributed by atoms with Crippen LogP contribution in [0.3, 0.4) is 0 Å². The van der Waals surface area contributed by atoms with Gasteiger partial charge in [-0.05, 0) is 37.3 Å². The first-order valence-electron chi connectivity index (χ1n) is 6.48. The number of benzene rings is 2. The first kappa shape index (κ1) is 15.2. The number of anilines is 2. The average molecular weight is 305 g/mol. The van der Waals surface area contributed by atoms with Gasteiger partial charge in [0.2, 0.25) is 0 Å². The Hall–Kier alpha value is -2.20. The normalized spacial score (nSPS) is 10.2. The molecule has 5 heteroatoms. The molecule has 0 aliphatic heterocycles. The standard InChI is InChI=1S/C16H17ClN2O2/c1-10(20)12-7-6-11(8-15(12)18)19-9-13-14(17)4-3-5-16(13)21-2/h3-8,19H,9,18H2,1-2H3. The van der Waals surface area contributed by atoms with Gasteiger partial charge in [-0.15, -0.1) is 0 Å². The summed E-state index contributed by atoms with van der Waals surface area (Å²) in [5, 5.41) is 3.86. The number of Topliss-reactive ketones (excluding diaryl/α,β-unsaturated/α-hetero) is 1. The van der Waals surface area contributed by atoms with Gasteiger partial charge in [0.25, 0.3) is 0 Å². The molecule has 0 saturated carbocycles. The van der Waals surface area contributed by atoms with Gasteiger partial charge in [-0.1, -0.05) is 17.7 Å². The molecule has 4 nitrogen and oxygen atoms in total. The number of hydrogen-bond donors (Lipinski definition) is 2. The zero-order valence-corrected chi connectivity index (χ0v) is 12.7. The molecular formula is C16H17ClN2O2. The number of nitrogen functional groups attached to an aromatic ring is 1. The van der Waals surface area contributed by atoms with E-state index in [0.717, 1.165) is 17.0 Å². The number of ether oxygens (including phenoxy) is 1. The largest absolute Gasteiger partial charge is 0.496 e. The Labute approximate surface area is 128 Å². The fourth-order valence-electron chi connectivity index (χ4n) is 2.09. The van der Waals surface area contributed by atoms with Crippen molar-refractivity contribution in [3.05, 3.63) is 52.5 Å². The van der Waals surface area contributed by atoms with Crippen LogP contribution in [0.5, 0.6) is 5.75 Å². The minimum Gasteiger partial charge on any atom is -0.496 e. The molecule has 2 rings (SSSR count). The summed E-state index contributed by atoms with van der Waals surface area (Å²) in [5.41, 5.74) is 8.54. The second kappa shape index (κ2) is 6.50. The Kier molecular flexibility index (Phi) is 4.70. The molecule has 2 aromatic carbocycles. The van der Waals surface area contributed by atoms with E-state index >= 15 is 0 Å². The van der Waals surface area contributed by atoms with Gasteiger partial charge in [0.05, 0.1) is 7.11 Å². The highest BCUT2D eigenvalue weighted by molar-refractivity contribution is 6.31. The van der Waals surface area contributed by atoms with Crippen molar-refractivity contribution in [3.63, 3.8) is 0 Å². The molecule has 0 fully saturated rings. The van der Waals surface area contributed by atoms with Crippen molar-refractivity contribution in [1.29, 1.82) is 0 Å². The monoisotopic (exact) mass is 304 g/mol. The van der Waals surface area contributed by atoms with Crippen LogP contribution in [0.25, 0.3) is 0 Å². The van der Waals surface area contributed by atoms with Crippen molar-refractivity contribution >= 4 is 28.8 Å². The second-order valence-electron chi connectivity index (χ2n) is 4.63. The highest BCUT2D eigenvalue weighted by Crippen LogP contribution is 2.27. The van der Waals surface area contributed by atoms with E-state index in [-0.39, 0.29) is 5.78 Å². The number of nitrogens with one attached hydrogen (secondary N) is 1. The molecule has 0 radical (unpaired) electrons. The maximum absolute atomic E-state index is 11.4. The molecular weight excluding hydrogens is 288 g/mol. The first-order chi connectivity index (χ1) is 10.0. The van der Waals surface area contributed by atoms with E-state index in [0.29, 0.717) is 22.8 Å². The molecule has 0 amide bonds. The summed E-state index contributed by atoms with van der Waals surface area (Å²) < 4.78 is 5.30. The minimum atomic E-state index is -0.0492. The summed E-state index contributed by atoms with van der Waals surface area (Å²) in [5.74, 6) is 0.676. The number of halogens is 1. The van der Waals surface area contributed by atoms with Crippen molar-refractivity contribution in [2.75, 3.05) is 18.2 Å². The topological polar surface area (TPSA) is 64.3 Å². The van der Waals surface area contributed by atoms with Gasteiger partial charge in [-0.3, -0.25) is 4.79 Å². The molecule has 0 aliphatic carbocycles. The lowest BCUT2D eigenvalue weighted by molar-refractivity contribution is 0.101. The molecule has 0 bridgehead atoms. The molecule has 0 atom stereocenters. The van der Waals surface area contributed by atoms with Crippen LogP contribution in [0.2, 0.25) is 5.02 Å². The summed E-state index contributed by atoms with van der Waals surface area (Å²) in [4.78, 5) is 11.4. The maximum atomic E-state index is 11.4. The molecule has 110 valence electrons. The maximum Gasteiger partial charge on any atom is 0.161 e.